The maximum absolute atomic E-state index is 12.1. The van der Waals surface area contributed by atoms with Crippen LogP contribution in [-0.2, 0) is 21.4 Å². The summed E-state index contributed by atoms with van der Waals surface area (Å²) in [5.74, 6) is -0.303. The molecule has 0 heterocycles. The van der Waals surface area contributed by atoms with Gasteiger partial charge in [-0.3, -0.25) is 9.59 Å². The molecule has 0 aromatic heterocycles. The Morgan fingerprint density at radius 2 is 1.64 bits per heavy atom. The molecule has 25 heavy (non-hydrogen) atoms. The number of amides is 1. The molecule has 3 N–H and O–H groups in total. The monoisotopic (exact) mass is 360 g/mol. The third kappa shape index (κ3) is 5.51. The zero-order valence-corrected chi connectivity index (χ0v) is 14.7. The molecule has 1 amide bonds. The highest BCUT2D eigenvalue weighted by atomic mass is 32.2. The van der Waals surface area contributed by atoms with Crippen molar-refractivity contribution in [3.63, 3.8) is 0 Å². The Hall–Kier alpha value is -2.51. The van der Waals surface area contributed by atoms with Gasteiger partial charge in [0.2, 0.25) is 15.9 Å². The number of hydrogen-bond acceptors (Lipinski definition) is 4. The predicted molar refractivity (Wildman–Crippen MR) is 94.4 cm³/mol. The Morgan fingerprint density at radius 3 is 2.24 bits per heavy atom. The van der Waals surface area contributed by atoms with Gasteiger partial charge in [-0.2, -0.15) is 0 Å². The van der Waals surface area contributed by atoms with Crippen molar-refractivity contribution in [2.75, 3.05) is 0 Å². The summed E-state index contributed by atoms with van der Waals surface area (Å²) in [4.78, 5) is 24.0. The lowest BCUT2D eigenvalue weighted by Crippen LogP contribution is -2.23. The van der Waals surface area contributed by atoms with Gasteiger partial charge in [0.15, 0.2) is 5.78 Å². The number of hydrogen-bond donors (Lipinski definition) is 2. The molecule has 0 unspecified atom stereocenters. The Balaban J connectivity index is 1.83. The second kappa shape index (κ2) is 8.04. The second-order valence-electron chi connectivity index (χ2n) is 5.70. The van der Waals surface area contributed by atoms with Crippen molar-refractivity contribution in [2.45, 2.75) is 31.2 Å². The minimum Gasteiger partial charge on any atom is -0.352 e. The van der Waals surface area contributed by atoms with Gasteiger partial charge in [0.05, 0.1) is 4.90 Å². The Bertz CT molecular complexity index is 874. The maximum atomic E-state index is 12.1. The quantitative estimate of drug-likeness (QED) is 0.736. The topological polar surface area (TPSA) is 106 Å². The number of benzene rings is 2. The summed E-state index contributed by atoms with van der Waals surface area (Å²) >= 11 is 0. The molecular weight excluding hydrogens is 340 g/mol. The first kappa shape index (κ1) is 18.8. The zero-order valence-electron chi connectivity index (χ0n) is 13.9. The average Bonchev–Trinajstić information content (AvgIpc) is 2.58. The van der Waals surface area contributed by atoms with Crippen molar-refractivity contribution in [1.29, 1.82) is 0 Å². The molecule has 0 aliphatic carbocycles. The highest BCUT2D eigenvalue weighted by Crippen LogP contribution is 2.11. The van der Waals surface area contributed by atoms with Crippen LogP contribution in [0, 0.1) is 6.92 Å². The van der Waals surface area contributed by atoms with Gasteiger partial charge in [0.25, 0.3) is 0 Å². The number of aryl methyl sites for hydroxylation is 1. The number of nitrogens with one attached hydrogen (secondary N) is 1. The van der Waals surface area contributed by atoms with Crippen molar-refractivity contribution in [1.82, 2.24) is 5.32 Å². The SMILES string of the molecule is Cc1ccccc1C(=O)CCC(=O)NCc1ccc(S(N)(=O)=O)cc1. The third-order valence-corrected chi connectivity index (χ3v) is 4.70. The Labute approximate surface area is 147 Å². The van der Waals surface area contributed by atoms with E-state index in [9.17, 15) is 18.0 Å². The molecule has 0 aliphatic heterocycles. The number of primary sulfonamides is 1. The van der Waals surface area contributed by atoms with Crippen LogP contribution in [0.3, 0.4) is 0 Å². The molecule has 0 radical (unpaired) electrons. The van der Waals surface area contributed by atoms with Crippen LogP contribution in [0.5, 0.6) is 0 Å². The van der Waals surface area contributed by atoms with Crippen LogP contribution in [0.2, 0.25) is 0 Å². The van der Waals surface area contributed by atoms with Crippen molar-refractivity contribution >= 4 is 21.7 Å². The fourth-order valence-corrected chi connectivity index (χ4v) is 2.85. The first-order valence-electron chi connectivity index (χ1n) is 7.74. The molecule has 0 fully saturated rings. The molecule has 0 spiro atoms. The fourth-order valence-electron chi connectivity index (χ4n) is 2.33. The van der Waals surface area contributed by atoms with E-state index in [2.05, 4.69) is 5.32 Å². The highest BCUT2D eigenvalue weighted by molar-refractivity contribution is 7.89. The molecule has 0 bridgehead atoms. The van der Waals surface area contributed by atoms with Crippen LogP contribution in [-0.4, -0.2) is 20.1 Å². The summed E-state index contributed by atoms with van der Waals surface area (Å²) in [5.41, 5.74) is 2.27. The molecule has 0 aliphatic rings. The van der Waals surface area contributed by atoms with Crippen LogP contribution < -0.4 is 10.5 Å². The van der Waals surface area contributed by atoms with Gasteiger partial charge in [0.1, 0.15) is 0 Å². The second-order valence-corrected chi connectivity index (χ2v) is 7.27. The van der Waals surface area contributed by atoms with E-state index in [1.54, 1.807) is 24.3 Å². The van der Waals surface area contributed by atoms with Gasteiger partial charge >= 0.3 is 0 Å². The van der Waals surface area contributed by atoms with Crippen molar-refractivity contribution < 1.29 is 18.0 Å². The lowest BCUT2D eigenvalue weighted by atomic mass is 10.0. The first-order chi connectivity index (χ1) is 11.8. The standard InChI is InChI=1S/C18H20N2O4S/c1-13-4-2-3-5-16(13)17(21)10-11-18(22)20-12-14-6-8-15(9-7-14)25(19,23)24/h2-9H,10-12H2,1H3,(H,20,22)(H2,19,23,24). The Morgan fingerprint density at radius 1 is 1.00 bits per heavy atom. The number of nitrogens with two attached hydrogens (primary N) is 1. The van der Waals surface area contributed by atoms with Crippen LogP contribution in [0.25, 0.3) is 0 Å². The molecule has 2 rings (SSSR count). The molecule has 7 heteroatoms. The molecule has 2 aromatic rings. The Kier molecular flexibility index (Phi) is 6.06. The lowest BCUT2D eigenvalue weighted by molar-refractivity contribution is -0.121. The fraction of sp³-hybridized carbons (Fsp3) is 0.222. The summed E-state index contributed by atoms with van der Waals surface area (Å²) in [6.45, 7) is 2.11. The van der Waals surface area contributed by atoms with Crippen LogP contribution >= 0.6 is 0 Å². The first-order valence-corrected chi connectivity index (χ1v) is 9.29. The highest BCUT2D eigenvalue weighted by Gasteiger charge is 2.11. The van der Waals surface area contributed by atoms with Gasteiger partial charge in [-0.1, -0.05) is 36.4 Å². The van der Waals surface area contributed by atoms with Gasteiger partial charge in [-0.05, 0) is 30.2 Å². The van der Waals surface area contributed by atoms with E-state index in [4.69, 9.17) is 5.14 Å². The van der Waals surface area contributed by atoms with E-state index in [0.29, 0.717) is 5.56 Å². The van der Waals surface area contributed by atoms with E-state index in [0.717, 1.165) is 11.1 Å². The summed E-state index contributed by atoms with van der Waals surface area (Å²) in [6.07, 6.45) is 0.240. The zero-order chi connectivity index (χ0) is 18.4. The molecule has 0 saturated carbocycles. The third-order valence-electron chi connectivity index (χ3n) is 3.77. The number of ketones is 1. The molecular formula is C18H20N2O4S. The van der Waals surface area contributed by atoms with Crippen molar-refractivity contribution in [3.05, 3.63) is 65.2 Å². The molecule has 0 atom stereocenters. The summed E-state index contributed by atoms with van der Waals surface area (Å²) < 4.78 is 22.4. The number of carbonyl (C=O) groups is 2. The molecule has 2 aromatic carbocycles. The van der Waals surface area contributed by atoms with Gasteiger partial charge < -0.3 is 5.32 Å². The number of Topliss-reactive ketones (excluding diaryl/α,β-unsaturated/α-hetero) is 1. The minimum absolute atomic E-state index is 0.0198. The normalized spacial score (nSPS) is 11.1. The van der Waals surface area contributed by atoms with Gasteiger partial charge in [-0.15, -0.1) is 0 Å². The number of carbonyl (C=O) groups excluding carboxylic acids is 2. The van der Waals surface area contributed by atoms with Crippen molar-refractivity contribution in [3.8, 4) is 0 Å². The molecule has 0 saturated heterocycles. The van der Waals surface area contributed by atoms with E-state index in [1.807, 2.05) is 19.1 Å². The minimum atomic E-state index is -3.72. The summed E-state index contributed by atoms with van der Waals surface area (Å²) in [7, 11) is -3.72. The van der Waals surface area contributed by atoms with Crippen LogP contribution in [0.4, 0.5) is 0 Å². The van der Waals surface area contributed by atoms with Gasteiger partial charge in [-0.25, -0.2) is 13.6 Å². The number of sulfonamides is 1. The van der Waals surface area contributed by atoms with E-state index >= 15 is 0 Å². The average molecular weight is 360 g/mol. The predicted octanol–water partition coefficient (Wildman–Crippen LogP) is 1.92. The molecule has 6 nitrogen and oxygen atoms in total. The van der Waals surface area contributed by atoms with E-state index in [1.165, 1.54) is 12.1 Å². The number of rotatable bonds is 7. The lowest BCUT2D eigenvalue weighted by Gasteiger charge is -2.07. The summed E-state index contributed by atoms with van der Waals surface area (Å²) in [5, 5.41) is 7.73. The van der Waals surface area contributed by atoms with E-state index in [-0.39, 0.29) is 36.0 Å². The van der Waals surface area contributed by atoms with Crippen LogP contribution in [0.15, 0.2) is 53.4 Å². The smallest absolute Gasteiger partial charge is 0.238 e. The molecule has 132 valence electrons. The summed E-state index contributed by atoms with van der Waals surface area (Å²) in [6, 6.07) is 13.2. The van der Waals surface area contributed by atoms with Gasteiger partial charge in [0, 0.05) is 24.9 Å². The maximum Gasteiger partial charge on any atom is 0.238 e. The van der Waals surface area contributed by atoms with Crippen LogP contribution in [0.1, 0.15) is 34.3 Å². The van der Waals surface area contributed by atoms with Crippen molar-refractivity contribution in [2.24, 2.45) is 5.14 Å². The van der Waals surface area contributed by atoms with E-state index < -0.39 is 10.0 Å². The largest absolute Gasteiger partial charge is 0.352 e.